The molecule has 0 fully saturated rings. The standard InChI is InChI=1S/C15H13F3O3/c1-20-13-8-12(21-14(19)9-13)7-4-10-2-5-11(6-3-10)15(16,17)18/h2-7,9,12H,8H2,1H3/b7-4+. The first kappa shape index (κ1) is 15.2. The number of alkyl halides is 3. The van der Waals surface area contributed by atoms with Gasteiger partial charge in [0.25, 0.3) is 0 Å². The molecule has 1 unspecified atom stereocenters. The van der Waals surface area contributed by atoms with Crippen LogP contribution in [-0.2, 0) is 20.4 Å². The van der Waals surface area contributed by atoms with Crippen LogP contribution in [0.15, 0.2) is 42.2 Å². The number of benzene rings is 1. The predicted octanol–water partition coefficient (Wildman–Crippen LogP) is 3.56. The molecule has 0 aromatic heterocycles. The van der Waals surface area contributed by atoms with E-state index < -0.39 is 23.8 Å². The van der Waals surface area contributed by atoms with Crippen molar-refractivity contribution in [2.24, 2.45) is 0 Å². The van der Waals surface area contributed by atoms with Crippen molar-refractivity contribution in [3.8, 4) is 0 Å². The summed E-state index contributed by atoms with van der Waals surface area (Å²) in [5, 5.41) is 0. The maximum atomic E-state index is 12.4. The summed E-state index contributed by atoms with van der Waals surface area (Å²) in [4.78, 5) is 11.3. The van der Waals surface area contributed by atoms with Gasteiger partial charge < -0.3 is 9.47 Å². The SMILES string of the molecule is COC1=CC(=O)OC(/C=C/c2ccc(C(F)(F)F)cc2)C1. The average molecular weight is 298 g/mol. The normalized spacial score (nSPS) is 19.3. The molecule has 1 aliphatic heterocycles. The van der Waals surface area contributed by atoms with E-state index in [2.05, 4.69) is 0 Å². The number of halogens is 3. The molecule has 0 spiro atoms. The Morgan fingerprint density at radius 3 is 2.52 bits per heavy atom. The van der Waals surface area contributed by atoms with Crippen molar-refractivity contribution >= 4 is 12.0 Å². The van der Waals surface area contributed by atoms with Gasteiger partial charge in [0.05, 0.1) is 18.7 Å². The van der Waals surface area contributed by atoms with Crippen molar-refractivity contribution in [1.29, 1.82) is 0 Å². The third kappa shape index (κ3) is 4.11. The minimum Gasteiger partial charge on any atom is -0.501 e. The number of cyclic esters (lactones) is 1. The zero-order valence-corrected chi connectivity index (χ0v) is 11.2. The molecule has 0 radical (unpaired) electrons. The summed E-state index contributed by atoms with van der Waals surface area (Å²) in [6, 6.07) is 4.73. The van der Waals surface area contributed by atoms with Gasteiger partial charge in [-0.2, -0.15) is 13.2 Å². The zero-order valence-electron chi connectivity index (χ0n) is 11.2. The Morgan fingerprint density at radius 2 is 1.95 bits per heavy atom. The number of rotatable bonds is 3. The van der Waals surface area contributed by atoms with Crippen molar-refractivity contribution in [2.75, 3.05) is 7.11 Å². The number of carbonyl (C=O) groups excluding carboxylic acids is 1. The van der Waals surface area contributed by atoms with Gasteiger partial charge in [-0.05, 0) is 23.8 Å². The number of carbonyl (C=O) groups is 1. The molecule has 0 aliphatic carbocycles. The first-order valence-corrected chi connectivity index (χ1v) is 6.19. The van der Waals surface area contributed by atoms with Crippen LogP contribution in [0.5, 0.6) is 0 Å². The van der Waals surface area contributed by atoms with Crippen LogP contribution in [-0.4, -0.2) is 19.2 Å². The highest BCUT2D eigenvalue weighted by Gasteiger charge is 2.29. The lowest BCUT2D eigenvalue weighted by atomic mass is 10.1. The van der Waals surface area contributed by atoms with Crippen LogP contribution in [0.1, 0.15) is 17.5 Å². The lowest BCUT2D eigenvalue weighted by Gasteiger charge is -2.19. The van der Waals surface area contributed by atoms with Gasteiger partial charge in [0.15, 0.2) is 0 Å². The molecule has 0 N–H and O–H groups in total. The summed E-state index contributed by atoms with van der Waals surface area (Å²) in [6.45, 7) is 0. The van der Waals surface area contributed by atoms with Crippen molar-refractivity contribution in [1.82, 2.24) is 0 Å². The molecule has 1 heterocycles. The van der Waals surface area contributed by atoms with Gasteiger partial charge in [0.1, 0.15) is 11.9 Å². The molecule has 0 amide bonds. The molecule has 1 aromatic rings. The Bertz CT molecular complexity index is 571. The molecule has 3 nitrogen and oxygen atoms in total. The molecule has 1 aliphatic rings. The van der Waals surface area contributed by atoms with Crippen LogP contribution in [0.3, 0.4) is 0 Å². The number of methoxy groups -OCH3 is 1. The number of esters is 1. The van der Waals surface area contributed by atoms with E-state index in [9.17, 15) is 18.0 Å². The highest BCUT2D eigenvalue weighted by molar-refractivity contribution is 5.83. The lowest BCUT2D eigenvalue weighted by molar-refractivity contribution is -0.143. The van der Waals surface area contributed by atoms with Crippen molar-refractivity contribution in [2.45, 2.75) is 18.7 Å². The fraction of sp³-hybridized carbons (Fsp3) is 0.267. The third-order valence-electron chi connectivity index (χ3n) is 2.95. The van der Waals surface area contributed by atoms with E-state index >= 15 is 0 Å². The minimum atomic E-state index is -4.35. The molecule has 0 saturated carbocycles. The molecule has 0 bridgehead atoms. The fourth-order valence-electron chi connectivity index (χ4n) is 1.86. The minimum absolute atomic E-state index is 0.402. The Morgan fingerprint density at radius 1 is 1.29 bits per heavy atom. The summed E-state index contributed by atoms with van der Waals surface area (Å²) in [5.41, 5.74) is -0.110. The quantitative estimate of drug-likeness (QED) is 0.800. The van der Waals surface area contributed by atoms with Crippen LogP contribution >= 0.6 is 0 Å². The highest BCUT2D eigenvalue weighted by Crippen LogP contribution is 2.29. The van der Waals surface area contributed by atoms with E-state index in [0.29, 0.717) is 17.7 Å². The van der Waals surface area contributed by atoms with Gasteiger partial charge >= 0.3 is 12.1 Å². The summed E-state index contributed by atoms with van der Waals surface area (Å²) in [6.07, 6.45) is 0.0596. The maximum Gasteiger partial charge on any atom is 0.416 e. The Balaban J connectivity index is 2.05. The molecule has 2 rings (SSSR count). The first-order valence-electron chi connectivity index (χ1n) is 6.19. The molecule has 6 heteroatoms. The van der Waals surface area contributed by atoms with Gasteiger partial charge in [0.2, 0.25) is 0 Å². The second kappa shape index (κ2) is 6.03. The Kier molecular flexibility index (Phi) is 4.35. The largest absolute Gasteiger partial charge is 0.501 e. The average Bonchev–Trinajstić information content (AvgIpc) is 2.44. The topological polar surface area (TPSA) is 35.5 Å². The zero-order chi connectivity index (χ0) is 15.5. The summed E-state index contributed by atoms with van der Waals surface area (Å²) in [7, 11) is 1.46. The van der Waals surface area contributed by atoms with Crippen molar-refractivity contribution < 1.29 is 27.4 Å². The van der Waals surface area contributed by atoms with Crippen LogP contribution in [0.4, 0.5) is 13.2 Å². The van der Waals surface area contributed by atoms with E-state index in [1.807, 2.05) is 0 Å². The molecular weight excluding hydrogens is 285 g/mol. The first-order chi connectivity index (χ1) is 9.88. The summed E-state index contributed by atoms with van der Waals surface area (Å²) < 4.78 is 47.3. The van der Waals surface area contributed by atoms with E-state index in [0.717, 1.165) is 12.1 Å². The van der Waals surface area contributed by atoms with Gasteiger partial charge in [-0.1, -0.05) is 18.2 Å². The monoisotopic (exact) mass is 298 g/mol. The lowest BCUT2D eigenvalue weighted by Crippen LogP contribution is -2.21. The molecule has 112 valence electrons. The van der Waals surface area contributed by atoms with E-state index in [-0.39, 0.29) is 0 Å². The van der Waals surface area contributed by atoms with Gasteiger partial charge in [-0.25, -0.2) is 4.79 Å². The van der Waals surface area contributed by atoms with Crippen molar-refractivity contribution in [3.63, 3.8) is 0 Å². The number of ether oxygens (including phenoxy) is 2. The van der Waals surface area contributed by atoms with Gasteiger partial charge in [-0.15, -0.1) is 0 Å². The van der Waals surface area contributed by atoms with E-state index in [1.54, 1.807) is 12.2 Å². The van der Waals surface area contributed by atoms with Crippen molar-refractivity contribution in [3.05, 3.63) is 53.3 Å². The van der Waals surface area contributed by atoms with Gasteiger partial charge in [0, 0.05) is 6.42 Å². The molecule has 1 aromatic carbocycles. The maximum absolute atomic E-state index is 12.4. The van der Waals surface area contributed by atoms with E-state index in [4.69, 9.17) is 9.47 Å². The smallest absolute Gasteiger partial charge is 0.416 e. The second-order valence-electron chi connectivity index (χ2n) is 4.47. The van der Waals surface area contributed by atoms with Gasteiger partial charge in [-0.3, -0.25) is 0 Å². The van der Waals surface area contributed by atoms with Crippen LogP contribution in [0.2, 0.25) is 0 Å². The molecule has 1 atom stereocenters. The van der Waals surface area contributed by atoms with Crippen LogP contribution < -0.4 is 0 Å². The Hall–Kier alpha value is -2.24. The molecular formula is C15H13F3O3. The van der Waals surface area contributed by atoms with Crippen LogP contribution in [0, 0.1) is 0 Å². The van der Waals surface area contributed by atoms with E-state index in [1.165, 1.54) is 25.3 Å². The number of hydrogen-bond donors (Lipinski definition) is 0. The summed E-state index contributed by atoms with van der Waals surface area (Å²) in [5.74, 6) is 0.00786. The third-order valence-corrected chi connectivity index (χ3v) is 2.95. The molecule has 0 saturated heterocycles. The molecule has 21 heavy (non-hydrogen) atoms. The summed E-state index contributed by atoms with van der Waals surface area (Å²) >= 11 is 0. The predicted molar refractivity (Wildman–Crippen MR) is 70.1 cm³/mol. The number of hydrogen-bond acceptors (Lipinski definition) is 3. The second-order valence-corrected chi connectivity index (χ2v) is 4.47. The van der Waals surface area contributed by atoms with Crippen LogP contribution in [0.25, 0.3) is 6.08 Å². The fourth-order valence-corrected chi connectivity index (χ4v) is 1.86. The Labute approximate surface area is 119 Å². The highest BCUT2D eigenvalue weighted by atomic mass is 19.4.